The van der Waals surface area contributed by atoms with Crippen LogP contribution >= 0.6 is 0 Å². The molecular weight excluding hydrogens is 436 g/mol. The van der Waals surface area contributed by atoms with Gasteiger partial charge in [0.2, 0.25) is 5.91 Å². The number of rotatable bonds is 10. The third kappa shape index (κ3) is 7.35. The Hall–Kier alpha value is -3.31. The van der Waals surface area contributed by atoms with Crippen molar-refractivity contribution in [1.82, 2.24) is 21.4 Å². The molecule has 0 bridgehead atoms. The summed E-state index contributed by atoms with van der Waals surface area (Å²) in [6.07, 6.45) is 3.58. The number of carbonyl (C=O) groups is 3. The minimum atomic E-state index is -1.03. The number of hydrogen-bond donors (Lipinski definition) is 7. The maximum atomic E-state index is 12.3. The zero-order valence-corrected chi connectivity index (χ0v) is 19.0. The van der Waals surface area contributed by atoms with Crippen molar-refractivity contribution in [3.8, 4) is 11.1 Å². The number of nitrogens with two attached hydrogens (primary N) is 1. The van der Waals surface area contributed by atoms with Gasteiger partial charge < -0.3 is 27.0 Å². The average molecular weight is 469 g/mol. The van der Waals surface area contributed by atoms with E-state index in [2.05, 4.69) is 21.3 Å². The number of anilines is 1. The van der Waals surface area contributed by atoms with Crippen molar-refractivity contribution in [2.45, 2.75) is 31.3 Å². The first-order valence-corrected chi connectivity index (χ1v) is 11.4. The van der Waals surface area contributed by atoms with E-state index in [1.165, 1.54) is 18.3 Å². The lowest BCUT2D eigenvalue weighted by atomic mass is 10.0. The predicted molar refractivity (Wildman–Crippen MR) is 129 cm³/mol. The lowest BCUT2D eigenvalue weighted by molar-refractivity contribution is -0.130. The summed E-state index contributed by atoms with van der Waals surface area (Å²) in [5.74, 6) is -1.35. The van der Waals surface area contributed by atoms with Crippen molar-refractivity contribution in [3.63, 3.8) is 0 Å². The Bertz CT molecular complexity index is 958. The topological polar surface area (TPSA) is 158 Å². The summed E-state index contributed by atoms with van der Waals surface area (Å²) in [4.78, 5) is 36.0. The molecule has 182 valence electrons. The van der Waals surface area contributed by atoms with Crippen molar-refractivity contribution in [3.05, 3.63) is 54.1 Å². The molecule has 0 aromatic heterocycles. The Balaban J connectivity index is 1.49. The Labute approximate surface area is 198 Å². The van der Waals surface area contributed by atoms with Crippen LogP contribution in [0, 0.1) is 0 Å². The van der Waals surface area contributed by atoms with Gasteiger partial charge in [0.1, 0.15) is 6.04 Å². The van der Waals surface area contributed by atoms with Crippen LogP contribution in [0.1, 0.15) is 29.6 Å². The second-order valence-corrected chi connectivity index (χ2v) is 8.22. The largest absolute Gasteiger partial charge is 0.339 e. The van der Waals surface area contributed by atoms with Gasteiger partial charge in [0.25, 0.3) is 11.8 Å². The van der Waals surface area contributed by atoms with Crippen molar-refractivity contribution in [2.24, 2.45) is 5.73 Å². The van der Waals surface area contributed by atoms with Gasteiger partial charge in [0, 0.05) is 30.4 Å². The normalized spacial score (nSPS) is 16.4. The number of carbonyl (C=O) groups excluding carboxylic acids is 3. The quantitative estimate of drug-likeness (QED) is 0.199. The maximum Gasteiger partial charge on any atom is 0.267 e. The number of benzene rings is 2. The smallest absolute Gasteiger partial charge is 0.267 e. The van der Waals surface area contributed by atoms with Crippen LogP contribution in [-0.2, 0) is 9.59 Å². The molecule has 0 radical (unpaired) electrons. The van der Waals surface area contributed by atoms with Crippen LogP contribution in [0.2, 0.25) is 0 Å². The molecule has 1 unspecified atom stereocenters. The molecule has 2 atom stereocenters. The summed E-state index contributed by atoms with van der Waals surface area (Å²) in [7, 11) is 0. The first-order chi connectivity index (χ1) is 16.5. The van der Waals surface area contributed by atoms with Gasteiger partial charge in [-0.3, -0.25) is 19.6 Å². The van der Waals surface area contributed by atoms with Crippen LogP contribution in [0.25, 0.3) is 11.1 Å². The van der Waals surface area contributed by atoms with E-state index in [9.17, 15) is 14.4 Å². The van der Waals surface area contributed by atoms with Crippen molar-refractivity contribution < 1.29 is 19.6 Å². The summed E-state index contributed by atoms with van der Waals surface area (Å²) >= 11 is 0. The molecule has 2 aromatic rings. The maximum absolute atomic E-state index is 12.3. The zero-order chi connectivity index (χ0) is 24.3. The lowest BCUT2D eigenvalue weighted by Gasteiger charge is -2.23. The molecule has 0 saturated carbocycles. The molecule has 2 aromatic carbocycles. The van der Waals surface area contributed by atoms with Gasteiger partial charge in [-0.25, -0.2) is 5.48 Å². The first kappa shape index (κ1) is 25.3. The van der Waals surface area contributed by atoms with Gasteiger partial charge >= 0.3 is 0 Å². The molecule has 0 spiro atoms. The van der Waals surface area contributed by atoms with Crippen LogP contribution in [0.5, 0.6) is 0 Å². The highest BCUT2D eigenvalue weighted by molar-refractivity contribution is 5.98. The van der Waals surface area contributed by atoms with Crippen molar-refractivity contribution in [2.75, 3.05) is 31.5 Å². The molecule has 1 aliphatic rings. The Morgan fingerprint density at radius 3 is 2.29 bits per heavy atom. The highest BCUT2D eigenvalue weighted by atomic mass is 16.5. The first-order valence-electron chi connectivity index (χ1n) is 11.4. The molecule has 8 N–H and O–H groups in total. The second kappa shape index (κ2) is 12.8. The number of piperidine rings is 1. The Kier molecular flexibility index (Phi) is 9.53. The van der Waals surface area contributed by atoms with E-state index in [0.717, 1.165) is 30.6 Å². The third-order valence-corrected chi connectivity index (χ3v) is 5.71. The average Bonchev–Trinajstić information content (AvgIpc) is 2.88. The van der Waals surface area contributed by atoms with E-state index in [1.54, 1.807) is 24.3 Å². The number of nitrogens with one attached hydrogen (secondary N) is 5. The molecule has 1 heterocycles. The summed E-state index contributed by atoms with van der Waals surface area (Å²) < 4.78 is 0. The van der Waals surface area contributed by atoms with Crippen LogP contribution < -0.4 is 32.5 Å². The minimum absolute atomic E-state index is 0.0930. The van der Waals surface area contributed by atoms with Crippen LogP contribution in [0.3, 0.4) is 0 Å². The fourth-order valence-electron chi connectivity index (χ4n) is 3.77. The summed E-state index contributed by atoms with van der Waals surface area (Å²) in [5, 5.41) is 20.7. The van der Waals surface area contributed by atoms with Gasteiger partial charge in [-0.2, -0.15) is 0 Å². The standard InChI is InChI=1S/C24H32N6O4/c25-13-21(24(33)30-34)29-23(32)18-6-4-16(5-7-18)17-8-10-19(11-9-17)28-22(31)15-26-14-20-3-1-2-12-27-20/h4-11,20-21,26-27,34H,1-3,12-15,25H2,(H,28,31)(H,29,32)(H,30,33)/t20?,21-/m0/s1. The van der Waals surface area contributed by atoms with Crippen LogP contribution in [0.15, 0.2) is 48.5 Å². The highest BCUT2D eigenvalue weighted by Crippen LogP contribution is 2.22. The van der Waals surface area contributed by atoms with Crippen LogP contribution in [-0.4, -0.2) is 61.2 Å². The molecule has 1 aliphatic heterocycles. The van der Waals surface area contributed by atoms with E-state index in [1.807, 2.05) is 24.3 Å². The molecule has 10 nitrogen and oxygen atoms in total. The molecule has 3 rings (SSSR count). The fourth-order valence-corrected chi connectivity index (χ4v) is 3.77. The molecule has 3 amide bonds. The van der Waals surface area contributed by atoms with Gasteiger partial charge in [-0.15, -0.1) is 0 Å². The van der Waals surface area contributed by atoms with Gasteiger partial charge in [-0.1, -0.05) is 30.7 Å². The van der Waals surface area contributed by atoms with Crippen molar-refractivity contribution >= 4 is 23.4 Å². The summed E-state index contributed by atoms with van der Waals surface area (Å²) in [6, 6.07) is 13.7. The molecule has 0 aliphatic carbocycles. The number of amides is 3. The minimum Gasteiger partial charge on any atom is -0.339 e. The zero-order valence-electron chi connectivity index (χ0n) is 19.0. The molecule has 1 fully saturated rings. The lowest BCUT2D eigenvalue weighted by Crippen LogP contribution is -2.50. The van der Waals surface area contributed by atoms with Crippen molar-refractivity contribution in [1.29, 1.82) is 0 Å². The van der Waals surface area contributed by atoms with Crippen LogP contribution in [0.4, 0.5) is 5.69 Å². The fraction of sp³-hybridized carbons (Fsp3) is 0.375. The summed E-state index contributed by atoms with van der Waals surface area (Å²) in [5.41, 5.74) is 9.80. The van der Waals surface area contributed by atoms with E-state index >= 15 is 0 Å². The molecule has 34 heavy (non-hydrogen) atoms. The van der Waals surface area contributed by atoms with Gasteiger partial charge in [0.05, 0.1) is 6.54 Å². The summed E-state index contributed by atoms with van der Waals surface area (Å²) in [6.45, 7) is 1.93. The van der Waals surface area contributed by atoms with Gasteiger partial charge in [-0.05, 0) is 54.8 Å². The van der Waals surface area contributed by atoms with E-state index in [4.69, 9.17) is 10.9 Å². The third-order valence-electron chi connectivity index (χ3n) is 5.71. The molecule has 10 heteroatoms. The molecular formula is C24H32N6O4. The number of hydrogen-bond acceptors (Lipinski definition) is 7. The second-order valence-electron chi connectivity index (χ2n) is 8.22. The monoisotopic (exact) mass is 468 g/mol. The van der Waals surface area contributed by atoms with E-state index in [-0.39, 0.29) is 19.0 Å². The van der Waals surface area contributed by atoms with Gasteiger partial charge in [0.15, 0.2) is 0 Å². The highest BCUT2D eigenvalue weighted by Gasteiger charge is 2.19. The number of hydroxylamine groups is 1. The predicted octanol–water partition coefficient (Wildman–Crippen LogP) is 0.586. The van der Waals surface area contributed by atoms with E-state index < -0.39 is 17.9 Å². The SMILES string of the molecule is NC[C@H](NC(=O)c1ccc(-c2ccc(NC(=O)CNCC3CCCCN3)cc2)cc1)C(=O)NO. The van der Waals surface area contributed by atoms with E-state index in [0.29, 0.717) is 17.3 Å². The molecule has 1 saturated heterocycles. The Morgan fingerprint density at radius 1 is 1.03 bits per heavy atom. The Morgan fingerprint density at radius 2 is 1.71 bits per heavy atom.